The molecule has 2 aliphatic heterocycles. The summed E-state index contributed by atoms with van der Waals surface area (Å²) in [6, 6.07) is 11.0. The second-order valence-corrected chi connectivity index (χ2v) is 7.57. The molecule has 0 bridgehead atoms. The molecule has 1 amide bonds. The number of aliphatic hydroxyl groups excluding tert-OH is 1. The number of fused-ring (bicyclic) bond motifs is 1. The van der Waals surface area contributed by atoms with Crippen molar-refractivity contribution in [2.24, 2.45) is 5.41 Å². The van der Waals surface area contributed by atoms with Crippen molar-refractivity contribution in [1.29, 1.82) is 0 Å². The highest BCUT2D eigenvalue weighted by Crippen LogP contribution is 2.53. The van der Waals surface area contributed by atoms with E-state index in [1.54, 1.807) is 27.4 Å². The fraction of sp³-hybridized carbons (Fsp3) is 0.409. The molecule has 0 unspecified atom stereocenters. The van der Waals surface area contributed by atoms with E-state index in [4.69, 9.17) is 14.2 Å². The molecule has 1 saturated heterocycles. The van der Waals surface area contributed by atoms with Gasteiger partial charge in [0.25, 0.3) is 0 Å². The Hall–Kier alpha value is -2.93. The van der Waals surface area contributed by atoms with Crippen molar-refractivity contribution in [1.82, 2.24) is 5.32 Å². The minimum Gasteiger partial charge on any atom is -0.496 e. The molecule has 0 aliphatic carbocycles. The zero-order valence-corrected chi connectivity index (χ0v) is 16.8. The van der Waals surface area contributed by atoms with Gasteiger partial charge in [-0.3, -0.25) is 4.79 Å². The molecule has 0 radical (unpaired) electrons. The van der Waals surface area contributed by atoms with Crippen LogP contribution in [-0.2, 0) is 11.2 Å². The second-order valence-electron chi connectivity index (χ2n) is 7.57. The summed E-state index contributed by atoms with van der Waals surface area (Å²) in [4.78, 5) is 13.2. The van der Waals surface area contributed by atoms with Crippen LogP contribution in [0.5, 0.6) is 17.2 Å². The third-order valence-corrected chi connectivity index (χ3v) is 6.04. The zero-order chi connectivity index (χ0) is 20.6. The number of ether oxygens (including phenoxy) is 3. The van der Waals surface area contributed by atoms with Crippen LogP contribution in [0.3, 0.4) is 0 Å². The van der Waals surface area contributed by atoms with Crippen molar-refractivity contribution in [2.45, 2.75) is 24.9 Å². The number of aliphatic hydroxyl groups is 1. The van der Waals surface area contributed by atoms with Crippen LogP contribution in [0.15, 0.2) is 36.4 Å². The van der Waals surface area contributed by atoms with Gasteiger partial charge in [-0.1, -0.05) is 18.2 Å². The first kappa shape index (κ1) is 19.4. The Morgan fingerprint density at radius 2 is 1.72 bits per heavy atom. The molecule has 2 aromatic rings. The number of benzene rings is 2. The lowest BCUT2D eigenvalue weighted by Gasteiger charge is -2.42. The summed E-state index contributed by atoms with van der Waals surface area (Å²) in [5.41, 5.74) is 2.12. The minimum atomic E-state index is -0.755. The normalized spacial score (nSPS) is 25.2. The second kappa shape index (κ2) is 7.48. The van der Waals surface area contributed by atoms with Gasteiger partial charge in [0, 0.05) is 17.3 Å². The number of hydrogen-bond donors (Lipinski definition) is 3. The molecule has 154 valence electrons. The van der Waals surface area contributed by atoms with E-state index in [-0.39, 0.29) is 24.6 Å². The third kappa shape index (κ3) is 3.06. The van der Waals surface area contributed by atoms with Gasteiger partial charge in [-0.15, -0.1) is 0 Å². The topological polar surface area (TPSA) is 89.0 Å². The summed E-state index contributed by atoms with van der Waals surface area (Å²) in [7, 11) is 4.75. The standard InChI is InChI=1S/C22H26N2O5/c1-27-17-9-19(29-3)18(28-2)8-15(17)20-22(11-14(12-25)23-21(22)26)10-13-6-4-5-7-16(13)24-20/h4-9,14,20,24-25H,10-12H2,1-3H3,(H,23,26)/t14-,20-,22-/m1/s1. The van der Waals surface area contributed by atoms with Crippen LogP contribution in [0.1, 0.15) is 23.6 Å². The van der Waals surface area contributed by atoms with Gasteiger partial charge in [0.1, 0.15) is 5.75 Å². The Morgan fingerprint density at radius 3 is 2.38 bits per heavy atom. The van der Waals surface area contributed by atoms with Crippen LogP contribution in [0.4, 0.5) is 5.69 Å². The number of carbonyl (C=O) groups excluding carboxylic acids is 1. The largest absolute Gasteiger partial charge is 0.496 e. The molecule has 2 aromatic carbocycles. The van der Waals surface area contributed by atoms with Gasteiger partial charge in [-0.05, 0) is 30.5 Å². The monoisotopic (exact) mass is 398 g/mol. The Morgan fingerprint density at radius 1 is 1.03 bits per heavy atom. The maximum atomic E-state index is 13.2. The van der Waals surface area contributed by atoms with Gasteiger partial charge in [0.05, 0.1) is 45.4 Å². The van der Waals surface area contributed by atoms with E-state index >= 15 is 0 Å². The van der Waals surface area contributed by atoms with Crippen LogP contribution in [0.25, 0.3) is 0 Å². The van der Waals surface area contributed by atoms with E-state index in [9.17, 15) is 9.90 Å². The van der Waals surface area contributed by atoms with E-state index < -0.39 is 5.41 Å². The number of rotatable bonds is 5. The van der Waals surface area contributed by atoms with Crippen molar-refractivity contribution in [3.05, 3.63) is 47.5 Å². The molecule has 1 fully saturated rings. The quantitative estimate of drug-likeness (QED) is 0.716. The summed E-state index contributed by atoms with van der Waals surface area (Å²) in [5, 5.41) is 16.2. The lowest BCUT2D eigenvalue weighted by atomic mass is 9.68. The molecule has 29 heavy (non-hydrogen) atoms. The van der Waals surface area contributed by atoms with E-state index in [2.05, 4.69) is 10.6 Å². The number of methoxy groups -OCH3 is 3. The molecule has 4 rings (SSSR count). The first-order chi connectivity index (χ1) is 14.1. The van der Waals surface area contributed by atoms with Crippen molar-refractivity contribution >= 4 is 11.6 Å². The van der Waals surface area contributed by atoms with Crippen molar-refractivity contribution in [2.75, 3.05) is 33.3 Å². The molecule has 3 N–H and O–H groups in total. The van der Waals surface area contributed by atoms with E-state index in [1.165, 1.54) is 0 Å². The Bertz CT molecular complexity index is 931. The summed E-state index contributed by atoms with van der Waals surface area (Å²) in [6.07, 6.45) is 1.09. The molecule has 1 spiro atoms. The van der Waals surface area contributed by atoms with Crippen LogP contribution in [0.2, 0.25) is 0 Å². The van der Waals surface area contributed by atoms with Gasteiger partial charge in [-0.2, -0.15) is 0 Å². The van der Waals surface area contributed by atoms with Crippen molar-refractivity contribution < 1.29 is 24.1 Å². The molecule has 3 atom stereocenters. The average Bonchev–Trinajstić information content (AvgIpc) is 3.07. The molecule has 0 saturated carbocycles. The Kier molecular flexibility index (Phi) is 5.00. The van der Waals surface area contributed by atoms with Crippen LogP contribution < -0.4 is 24.8 Å². The van der Waals surface area contributed by atoms with Crippen molar-refractivity contribution in [3.8, 4) is 17.2 Å². The molecular weight excluding hydrogens is 372 g/mol. The Labute approximate surface area is 170 Å². The summed E-state index contributed by atoms with van der Waals surface area (Å²) < 4.78 is 16.6. The number of anilines is 1. The average molecular weight is 398 g/mol. The lowest BCUT2D eigenvalue weighted by molar-refractivity contribution is -0.128. The lowest BCUT2D eigenvalue weighted by Crippen LogP contribution is -2.45. The Balaban J connectivity index is 1.89. The SMILES string of the molecule is COc1cc(OC)c([C@H]2Nc3ccccc3C[C@@]23C[C@H](CO)NC3=O)cc1OC. The predicted octanol–water partition coefficient (Wildman–Crippen LogP) is 2.29. The van der Waals surface area contributed by atoms with Gasteiger partial charge < -0.3 is 30.0 Å². The molecule has 0 aromatic heterocycles. The highest BCUT2D eigenvalue weighted by molar-refractivity contribution is 5.89. The fourth-order valence-electron chi connectivity index (χ4n) is 4.63. The first-order valence-electron chi connectivity index (χ1n) is 9.62. The number of nitrogens with one attached hydrogen (secondary N) is 2. The number of para-hydroxylation sites is 1. The first-order valence-corrected chi connectivity index (χ1v) is 9.62. The van der Waals surface area contributed by atoms with Gasteiger partial charge in [0.2, 0.25) is 5.91 Å². The minimum absolute atomic E-state index is 0.0691. The molecular formula is C22H26N2O5. The highest BCUT2D eigenvalue weighted by atomic mass is 16.5. The highest BCUT2D eigenvalue weighted by Gasteiger charge is 2.55. The molecule has 2 aliphatic rings. The van der Waals surface area contributed by atoms with Gasteiger partial charge in [0.15, 0.2) is 11.5 Å². The fourth-order valence-corrected chi connectivity index (χ4v) is 4.63. The van der Waals surface area contributed by atoms with Crippen molar-refractivity contribution in [3.63, 3.8) is 0 Å². The number of carbonyl (C=O) groups is 1. The number of amides is 1. The van der Waals surface area contributed by atoms with Gasteiger partial charge >= 0.3 is 0 Å². The van der Waals surface area contributed by atoms with Crippen LogP contribution in [-0.4, -0.2) is 45.0 Å². The van der Waals surface area contributed by atoms with E-state index in [0.29, 0.717) is 30.1 Å². The van der Waals surface area contributed by atoms with E-state index in [1.807, 2.05) is 30.3 Å². The molecule has 2 heterocycles. The zero-order valence-electron chi connectivity index (χ0n) is 16.8. The van der Waals surface area contributed by atoms with E-state index in [0.717, 1.165) is 16.8 Å². The summed E-state index contributed by atoms with van der Waals surface area (Å²) in [5.74, 6) is 1.67. The third-order valence-electron chi connectivity index (χ3n) is 6.04. The smallest absolute Gasteiger partial charge is 0.229 e. The molecule has 7 heteroatoms. The maximum absolute atomic E-state index is 13.2. The van der Waals surface area contributed by atoms with Crippen LogP contribution in [0, 0.1) is 5.41 Å². The van der Waals surface area contributed by atoms with Crippen LogP contribution >= 0.6 is 0 Å². The summed E-state index contributed by atoms with van der Waals surface area (Å²) in [6.45, 7) is -0.0923. The summed E-state index contributed by atoms with van der Waals surface area (Å²) >= 11 is 0. The predicted molar refractivity (Wildman–Crippen MR) is 109 cm³/mol. The molecule has 7 nitrogen and oxygen atoms in total. The number of hydrogen-bond acceptors (Lipinski definition) is 6. The maximum Gasteiger partial charge on any atom is 0.229 e. The van der Waals surface area contributed by atoms with Gasteiger partial charge in [-0.25, -0.2) is 0 Å².